The summed E-state index contributed by atoms with van der Waals surface area (Å²) in [6.45, 7) is 0. The van der Waals surface area contributed by atoms with E-state index in [2.05, 4.69) is 0 Å². The summed E-state index contributed by atoms with van der Waals surface area (Å²) in [6, 6.07) is 5.81. The van der Waals surface area contributed by atoms with Gasteiger partial charge in [0.2, 0.25) is 5.78 Å². The highest BCUT2D eigenvalue weighted by Crippen LogP contribution is 2.09. The summed E-state index contributed by atoms with van der Waals surface area (Å²) >= 11 is 0. The molecular formula is C10H8O5. The molecule has 0 saturated carbocycles. The van der Waals surface area contributed by atoms with Crippen molar-refractivity contribution < 1.29 is 24.6 Å². The summed E-state index contributed by atoms with van der Waals surface area (Å²) < 4.78 is 0. The maximum Gasteiger partial charge on any atom is 0.372 e. The zero-order valence-corrected chi connectivity index (χ0v) is 7.64. The van der Waals surface area contributed by atoms with Crippen LogP contribution in [0.2, 0.25) is 0 Å². The first-order valence-corrected chi connectivity index (χ1v) is 4.09. The molecule has 15 heavy (non-hydrogen) atoms. The molecule has 0 spiro atoms. The van der Waals surface area contributed by atoms with Crippen LogP contribution in [0.15, 0.2) is 24.3 Å². The van der Waals surface area contributed by atoms with Gasteiger partial charge in [0.25, 0.3) is 0 Å². The van der Waals surface area contributed by atoms with Crippen LogP contribution >= 0.6 is 0 Å². The molecule has 0 aromatic heterocycles. The second-order valence-electron chi connectivity index (χ2n) is 2.87. The Morgan fingerprint density at radius 1 is 1.07 bits per heavy atom. The monoisotopic (exact) mass is 208 g/mol. The standard InChI is InChI=1S/C10H8O5/c11-8(10(14)15)5-6-3-1-2-4-7(6)9(12)13/h1-4H,5H2,(H,12,13)(H,14,15). The molecule has 0 unspecified atom stereocenters. The van der Waals surface area contributed by atoms with Crippen LogP contribution in [0.1, 0.15) is 15.9 Å². The number of carbonyl (C=O) groups is 3. The van der Waals surface area contributed by atoms with E-state index in [1.807, 2.05) is 0 Å². The Morgan fingerprint density at radius 3 is 2.20 bits per heavy atom. The SMILES string of the molecule is O=C(O)C(=O)Cc1ccccc1C(=O)O. The lowest BCUT2D eigenvalue weighted by atomic mass is 10.0. The molecule has 5 nitrogen and oxygen atoms in total. The molecule has 0 atom stereocenters. The number of benzene rings is 1. The maximum atomic E-state index is 10.9. The fourth-order valence-corrected chi connectivity index (χ4v) is 1.13. The van der Waals surface area contributed by atoms with Crippen LogP contribution in [-0.2, 0) is 16.0 Å². The molecule has 0 saturated heterocycles. The van der Waals surface area contributed by atoms with Crippen LogP contribution in [0.25, 0.3) is 0 Å². The van der Waals surface area contributed by atoms with E-state index in [-0.39, 0.29) is 11.1 Å². The van der Waals surface area contributed by atoms with E-state index in [0.717, 1.165) is 0 Å². The van der Waals surface area contributed by atoms with Crippen LogP contribution in [-0.4, -0.2) is 27.9 Å². The fraction of sp³-hybridized carbons (Fsp3) is 0.100. The summed E-state index contributed by atoms with van der Waals surface area (Å²) in [5.41, 5.74) is 0.157. The number of Topliss-reactive ketones (excluding diaryl/α,β-unsaturated/α-hetero) is 1. The molecule has 1 aromatic rings. The first-order valence-electron chi connectivity index (χ1n) is 4.09. The minimum Gasteiger partial charge on any atom is -0.478 e. The smallest absolute Gasteiger partial charge is 0.372 e. The molecule has 0 aliphatic rings. The lowest BCUT2D eigenvalue weighted by Crippen LogP contribution is -2.16. The minimum absolute atomic E-state index is 0.0490. The lowest BCUT2D eigenvalue weighted by molar-refractivity contribution is -0.148. The van der Waals surface area contributed by atoms with Crippen molar-refractivity contribution in [1.29, 1.82) is 0 Å². The average molecular weight is 208 g/mol. The normalized spacial score (nSPS) is 9.60. The van der Waals surface area contributed by atoms with Gasteiger partial charge in [0.15, 0.2) is 0 Å². The van der Waals surface area contributed by atoms with E-state index in [4.69, 9.17) is 10.2 Å². The van der Waals surface area contributed by atoms with Gasteiger partial charge in [-0.3, -0.25) is 4.79 Å². The molecule has 0 aliphatic heterocycles. The van der Waals surface area contributed by atoms with E-state index in [1.165, 1.54) is 18.2 Å². The van der Waals surface area contributed by atoms with Gasteiger partial charge in [-0.15, -0.1) is 0 Å². The third-order valence-corrected chi connectivity index (χ3v) is 1.84. The predicted octanol–water partition coefficient (Wildman–Crippen LogP) is 0.581. The zero-order valence-electron chi connectivity index (χ0n) is 7.64. The molecule has 0 fully saturated rings. The van der Waals surface area contributed by atoms with Crippen LogP contribution in [0.4, 0.5) is 0 Å². The van der Waals surface area contributed by atoms with Crippen molar-refractivity contribution in [3.63, 3.8) is 0 Å². The Labute approximate surface area is 85.0 Å². The summed E-state index contributed by atoms with van der Waals surface area (Å²) in [6.07, 6.45) is -0.405. The van der Waals surface area contributed by atoms with Crippen molar-refractivity contribution in [3.8, 4) is 0 Å². The van der Waals surface area contributed by atoms with E-state index >= 15 is 0 Å². The molecule has 2 N–H and O–H groups in total. The third-order valence-electron chi connectivity index (χ3n) is 1.84. The maximum absolute atomic E-state index is 10.9. The van der Waals surface area contributed by atoms with E-state index < -0.39 is 24.1 Å². The van der Waals surface area contributed by atoms with E-state index in [0.29, 0.717) is 0 Å². The van der Waals surface area contributed by atoms with Crippen molar-refractivity contribution >= 4 is 17.7 Å². The Hall–Kier alpha value is -2.17. The molecule has 0 bridgehead atoms. The van der Waals surface area contributed by atoms with Crippen molar-refractivity contribution in [1.82, 2.24) is 0 Å². The molecule has 0 radical (unpaired) electrons. The van der Waals surface area contributed by atoms with Crippen LogP contribution in [0.3, 0.4) is 0 Å². The minimum atomic E-state index is -1.56. The predicted molar refractivity (Wildman–Crippen MR) is 49.7 cm³/mol. The Balaban J connectivity index is 2.99. The first-order chi connectivity index (χ1) is 7.02. The number of carbonyl (C=O) groups excluding carboxylic acids is 1. The largest absolute Gasteiger partial charge is 0.478 e. The van der Waals surface area contributed by atoms with Crippen molar-refractivity contribution in [2.75, 3.05) is 0 Å². The Kier molecular flexibility index (Phi) is 3.17. The second kappa shape index (κ2) is 4.36. The fourth-order valence-electron chi connectivity index (χ4n) is 1.13. The number of hydrogen-bond acceptors (Lipinski definition) is 3. The van der Waals surface area contributed by atoms with Gasteiger partial charge in [0.1, 0.15) is 0 Å². The molecule has 1 aromatic carbocycles. The highest BCUT2D eigenvalue weighted by atomic mass is 16.4. The van der Waals surface area contributed by atoms with Crippen molar-refractivity contribution in [2.45, 2.75) is 6.42 Å². The number of aliphatic carboxylic acids is 1. The molecule has 5 heteroatoms. The molecule has 0 amide bonds. The third kappa shape index (κ3) is 2.63. The number of hydrogen-bond donors (Lipinski definition) is 2. The number of carboxylic acids is 2. The quantitative estimate of drug-likeness (QED) is 0.706. The number of aromatic carboxylic acids is 1. The van der Waals surface area contributed by atoms with Crippen molar-refractivity contribution in [3.05, 3.63) is 35.4 Å². The summed E-state index contributed by atoms with van der Waals surface area (Å²) in [7, 11) is 0. The molecule has 0 heterocycles. The zero-order chi connectivity index (χ0) is 11.4. The van der Waals surface area contributed by atoms with Gasteiger partial charge in [-0.2, -0.15) is 0 Å². The average Bonchev–Trinajstić information content (AvgIpc) is 2.18. The topological polar surface area (TPSA) is 91.7 Å². The highest BCUT2D eigenvalue weighted by molar-refractivity contribution is 6.33. The molecular weight excluding hydrogens is 200 g/mol. The first kappa shape index (κ1) is 10.9. The second-order valence-corrected chi connectivity index (χ2v) is 2.87. The van der Waals surface area contributed by atoms with E-state index in [1.54, 1.807) is 6.07 Å². The highest BCUT2D eigenvalue weighted by Gasteiger charge is 2.16. The Morgan fingerprint density at radius 2 is 1.67 bits per heavy atom. The number of carboxylic acid groups (broad SMARTS) is 2. The number of ketones is 1. The molecule has 78 valence electrons. The van der Waals surface area contributed by atoms with Gasteiger partial charge in [-0.25, -0.2) is 9.59 Å². The summed E-state index contributed by atoms with van der Waals surface area (Å²) in [5.74, 6) is -3.76. The van der Waals surface area contributed by atoms with Gasteiger partial charge in [0, 0.05) is 6.42 Å². The molecule has 0 aliphatic carbocycles. The van der Waals surface area contributed by atoms with Gasteiger partial charge in [0.05, 0.1) is 5.56 Å². The number of rotatable bonds is 4. The van der Waals surface area contributed by atoms with Crippen molar-refractivity contribution in [2.24, 2.45) is 0 Å². The van der Waals surface area contributed by atoms with Crippen LogP contribution in [0, 0.1) is 0 Å². The van der Waals surface area contributed by atoms with Gasteiger partial charge >= 0.3 is 11.9 Å². The summed E-state index contributed by atoms with van der Waals surface area (Å²) in [4.78, 5) is 31.9. The molecule has 1 rings (SSSR count). The van der Waals surface area contributed by atoms with Crippen LogP contribution < -0.4 is 0 Å². The lowest BCUT2D eigenvalue weighted by Gasteiger charge is -2.02. The van der Waals surface area contributed by atoms with Gasteiger partial charge in [-0.1, -0.05) is 18.2 Å². The summed E-state index contributed by atoms with van der Waals surface area (Å²) in [5, 5.41) is 17.1. The Bertz CT molecular complexity index is 422. The van der Waals surface area contributed by atoms with E-state index in [9.17, 15) is 14.4 Å². The van der Waals surface area contributed by atoms with Crippen LogP contribution in [0.5, 0.6) is 0 Å². The van der Waals surface area contributed by atoms with Gasteiger partial charge in [-0.05, 0) is 11.6 Å². The van der Waals surface area contributed by atoms with Gasteiger partial charge < -0.3 is 10.2 Å².